The maximum absolute atomic E-state index is 14.8. The summed E-state index contributed by atoms with van der Waals surface area (Å²) in [7, 11) is 0. The first-order valence-electron chi connectivity index (χ1n) is 23.6. The Kier molecular flexibility index (Phi) is 14.8. The molecule has 0 bridgehead atoms. The lowest BCUT2D eigenvalue weighted by atomic mass is 9.92. The molecule has 0 aliphatic carbocycles. The van der Waals surface area contributed by atoms with Crippen LogP contribution in [0.1, 0.15) is 72.2 Å². The second-order valence-electron chi connectivity index (χ2n) is 17.9. The molecule has 14 nitrogen and oxygen atoms in total. The Labute approximate surface area is 432 Å². The van der Waals surface area contributed by atoms with Crippen LogP contribution in [0.3, 0.4) is 0 Å². The topological polar surface area (TPSA) is 144 Å². The number of amides is 6. The van der Waals surface area contributed by atoms with Crippen molar-refractivity contribution in [3.8, 4) is 12.1 Å². The summed E-state index contributed by atoms with van der Waals surface area (Å²) in [5.41, 5.74) is 0.878. The van der Waals surface area contributed by atoms with Crippen LogP contribution >= 0.6 is 0 Å². The van der Waals surface area contributed by atoms with Gasteiger partial charge in [-0.2, -0.15) is 36.9 Å². The lowest BCUT2D eigenvalue weighted by molar-refractivity contribution is -0.696. The highest BCUT2D eigenvalue weighted by molar-refractivity contribution is 6.08. The van der Waals surface area contributed by atoms with Crippen LogP contribution in [0.4, 0.5) is 47.3 Å². The minimum Gasteiger partial charge on any atom is -1.00 e. The lowest BCUT2D eigenvalue weighted by Gasteiger charge is -2.41. The van der Waals surface area contributed by atoms with E-state index >= 15 is 0 Å². The molecule has 21 heteroatoms. The van der Waals surface area contributed by atoms with Crippen molar-refractivity contribution in [3.05, 3.63) is 172 Å². The number of carbonyl (C=O) groups is 4. The van der Waals surface area contributed by atoms with Crippen LogP contribution in [-0.4, -0.2) is 87.3 Å². The van der Waals surface area contributed by atoms with Gasteiger partial charge in [0.1, 0.15) is 12.4 Å². The summed E-state index contributed by atoms with van der Waals surface area (Å²) in [6.45, 7) is 4.95. The van der Waals surface area contributed by atoms with Gasteiger partial charge in [-0.05, 0) is 85.6 Å². The molecule has 0 N–H and O–H groups in total. The monoisotopic (exact) mass is 1080 g/mol. The van der Waals surface area contributed by atoms with Gasteiger partial charge in [-0.3, -0.25) is 19.4 Å². The third-order valence-electron chi connectivity index (χ3n) is 13.6. The molecule has 5 heterocycles. The molecule has 5 aromatic rings. The summed E-state index contributed by atoms with van der Waals surface area (Å²) in [5, 5.41) is 19.1. The molecule has 0 spiro atoms. The zero-order valence-electron chi connectivity index (χ0n) is 39.9. The summed E-state index contributed by atoms with van der Waals surface area (Å²) in [5.74, 6) is -0.721. The molecule has 4 aliphatic heterocycles. The van der Waals surface area contributed by atoms with Crippen molar-refractivity contribution in [3.63, 3.8) is 0 Å². The summed E-state index contributed by atoms with van der Waals surface area (Å²) in [4.78, 5) is 66.3. The van der Waals surface area contributed by atoms with Gasteiger partial charge in [0.05, 0.1) is 107 Å². The maximum Gasteiger partial charge on any atom is 0.416 e. The Hall–Kier alpha value is -7.91. The quantitative estimate of drug-likeness (QED) is 0.0996. The van der Waals surface area contributed by atoms with Crippen LogP contribution in [0.5, 0.6) is 0 Å². The van der Waals surface area contributed by atoms with Crippen molar-refractivity contribution >= 4 is 35.3 Å². The normalized spacial score (nSPS) is 18.0. The highest BCUT2D eigenvalue weighted by atomic mass is 79.9. The molecule has 0 saturated carbocycles. The largest absolute Gasteiger partial charge is 1.00 e. The molecule has 2 atom stereocenters. The minimum atomic E-state index is -4.70. The average Bonchev–Trinajstić information content (AvgIpc) is 4.08. The number of nitrogens with zero attached hydrogens (tertiary/aromatic N) is 10. The maximum atomic E-state index is 14.8. The predicted molar refractivity (Wildman–Crippen MR) is 252 cm³/mol. The van der Waals surface area contributed by atoms with E-state index in [0.717, 1.165) is 24.3 Å². The number of likely N-dealkylation sites (N-methyl/N-ethyl adjacent to an activating group) is 2. The fourth-order valence-corrected chi connectivity index (χ4v) is 10.1. The number of alkyl halides is 6. The standard InChI is InChI=1S/C53H47F6N10O4.BrH/c1-3-64-31-42-44(48(64)70)46(36-17-13-34(29-60)14-18-36)66(50(72)68(42)40-11-5-9-38(27-40)52(54,55)56)23-7-21-62-25-26-63(33-62)22-8-24-67-47(37-19-15-35(30-61)16-20-37)45-43(32-65(4-2)49(45)71)69(51(67)73)41-12-6-10-39(28-41)53(57,58)59;/h5-6,9-20,25-28,33,46-47H,3-4,7-8,21-24,31-32H2,1-2H3;1H/q+1;/p-1/t46-,47-;/m1./s1. The number of imidazole rings is 1. The van der Waals surface area contributed by atoms with Gasteiger partial charge < -0.3 is 36.6 Å². The summed E-state index contributed by atoms with van der Waals surface area (Å²) in [6, 6.07) is 22.9. The molecule has 4 aromatic carbocycles. The van der Waals surface area contributed by atoms with Crippen molar-refractivity contribution in [2.75, 3.05) is 49.1 Å². The SMILES string of the molecule is CCN1CC2=C(C1=O)[C@@H](c1ccc(C#N)cc1)N(CCCn1cc[n+](CCCN3C(=O)N(c4cccc(C(F)(F)F)c4)C4=C(C(=O)N(CC)C4)[C@H]3c3ccc(C#N)cc3)c1)C(=O)N2c1cccc(C(F)(F)F)c1.[Br-]. The summed E-state index contributed by atoms with van der Waals surface area (Å²) < 4.78 is 87.8. The Balaban J connectivity index is 0.00000729. The number of nitriles is 2. The van der Waals surface area contributed by atoms with Gasteiger partial charge in [-0.1, -0.05) is 36.4 Å². The molecule has 0 radical (unpaired) electrons. The van der Waals surface area contributed by atoms with Crippen LogP contribution in [0, 0.1) is 22.7 Å². The van der Waals surface area contributed by atoms with Gasteiger partial charge >= 0.3 is 24.4 Å². The van der Waals surface area contributed by atoms with Crippen LogP contribution in [0.2, 0.25) is 0 Å². The van der Waals surface area contributed by atoms with E-state index in [1.165, 1.54) is 53.7 Å². The highest BCUT2D eigenvalue weighted by Gasteiger charge is 2.50. The van der Waals surface area contributed by atoms with Crippen LogP contribution in [0.25, 0.3) is 0 Å². The molecule has 74 heavy (non-hydrogen) atoms. The van der Waals surface area contributed by atoms with E-state index in [-0.39, 0.29) is 102 Å². The number of carbonyl (C=O) groups excluding carboxylic acids is 4. The minimum absolute atomic E-state index is 0. The molecular weight excluding hydrogens is 1030 g/mol. The lowest BCUT2D eigenvalue weighted by Crippen LogP contribution is -3.00. The zero-order valence-corrected chi connectivity index (χ0v) is 41.5. The van der Waals surface area contributed by atoms with Crippen LogP contribution < -0.4 is 31.3 Å². The summed E-state index contributed by atoms with van der Waals surface area (Å²) in [6.07, 6.45) is -3.31. The first-order chi connectivity index (χ1) is 34.9. The molecule has 0 fully saturated rings. The number of hydrogen-bond acceptors (Lipinski definition) is 6. The first-order valence-corrected chi connectivity index (χ1v) is 23.6. The number of aryl methyl sites for hydroxylation is 2. The van der Waals surface area contributed by atoms with Crippen molar-refractivity contribution in [1.82, 2.24) is 24.2 Å². The molecular formula is C53H47BrF6N10O4. The number of aromatic nitrogens is 2. The van der Waals surface area contributed by atoms with Gasteiger partial charge in [-0.25, -0.2) is 18.7 Å². The number of anilines is 2. The smallest absolute Gasteiger partial charge is 0.416 e. The Morgan fingerprint density at radius 1 is 0.608 bits per heavy atom. The van der Waals surface area contributed by atoms with E-state index in [1.807, 2.05) is 15.5 Å². The second kappa shape index (κ2) is 20.9. The summed E-state index contributed by atoms with van der Waals surface area (Å²) >= 11 is 0. The molecule has 382 valence electrons. The molecule has 1 aromatic heterocycles. The van der Waals surface area contributed by atoms with Crippen molar-refractivity contribution in [2.24, 2.45) is 0 Å². The second-order valence-corrected chi connectivity index (χ2v) is 17.9. The van der Waals surface area contributed by atoms with Crippen molar-refractivity contribution in [2.45, 2.75) is 64.2 Å². The number of benzene rings is 4. The van der Waals surface area contributed by atoms with E-state index in [0.29, 0.717) is 48.2 Å². The average molecular weight is 1080 g/mol. The van der Waals surface area contributed by atoms with Crippen LogP contribution in [-0.2, 0) is 35.0 Å². The van der Waals surface area contributed by atoms with E-state index in [2.05, 4.69) is 12.1 Å². The molecule has 9 rings (SSSR count). The third-order valence-corrected chi connectivity index (χ3v) is 13.6. The van der Waals surface area contributed by atoms with Gasteiger partial charge in [0, 0.05) is 39.0 Å². The fourth-order valence-electron chi connectivity index (χ4n) is 10.1. The molecule has 4 aliphatic rings. The van der Waals surface area contributed by atoms with Crippen LogP contribution in [0.15, 0.2) is 138 Å². The van der Waals surface area contributed by atoms with E-state index in [1.54, 1.807) is 74.8 Å². The molecule has 0 unspecified atom stereocenters. The molecule has 0 saturated heterocycles. The Bertz CT molecular complexity index is 2950. The number of rotatable bonds is 14. The number of urea groups is 2. The van der Waals surface area contributed by atoms with Gasteiger partial charge in [0.2, 0.25) is 6.33 Å². The number of hydrogen-bond donors (Lipinski definition) is 0. The van der Waals surface area contributed by atoms with Crippen molar-refractivity contribution < 1.29 is 67.1 Å². The van der Waals surface area contributed by atoms with Gasteiger partial charge in [0.25, 0.3) is 11.8 Å². The Morgan fingerprint density at radius 2 is 1.04 bits per heavy atom. The Morgan fingerprint density at radius 3 is 1.45 bits per heavy atom. The third kappa shape index (κ3) is 9.83. The highest BCUT2D eigenvalue weighted by Crippen LogP contribution is 2.46. The van der Waals surface area contributed by atoms with Crippen molar-refractivity contribution in [1.29, 1.82) is 10.5 Å². The fraction of sp³-hybridized carbons (Fsp3) is 0.302. The molecule has 6 amide bonds. The number of halogens is 7. The zero-order chi connectivity index (χ0) is 51.9. The predicted octanol–water partition coefficient (Wildman–Crippen LogP) is 5.94. The van der Waals surface area contributed by atoms with E-state index < -0.39 is 47.6 Å². The first kappa shape index (κ1) is 52.4. The van der Waals surface area contributed by atoms with E-state index in [4.69, 9.17) is 0 Å². The van der Waals surface area contributed by atoms with Gasteiger partial charge in [0.15, 0.2) is 0 Å². The van der Waals surface area contributed by atoms with Gasteiger partial charge in [-0.15, -0.1) is 0 Å². The van der Waals surface area contributed by atoms with E-state index in [9.17, 15) is 56.0 Å².